The molecule has 0 saturated carbocycles. The van der Waals surface area contributed by atoms with Crippen LogP contribution < -0.4 is 5.63 Å². The minimum absolute atomic E-state index is 0.0509. The first kappa shape index (κ1) is 15.0. The van der Waals surface area contributed by atoms with Crippen LogP contribution in [0.15, 0.2) is 72.0 Å². The molecule has 0 aliphatic rings. The zero-order valence-corrected chi connectivity index (χ0v) is 13.9. The fourth-order valence-electron chi connectivity index (χ4n) is 2.15. The van der Waals surface area contributed by atoms with E-state index in [1.54, 1.807) is 30.3 Å². The van der Waals surface area contributed by atoms with Crippen molar-refractivity contribution in [1.29, 1.82) is 0 Å². The van der Waals surface area contributed by atoms with Gasteiger partial charge >= 0.3 is 5.63 Å². The molecule has 2 aromatic carbocycles. The molecular formula is C16H11BrO4S. The molecule has 112 valence electrons. The lowest BCUT2D eigenvalue weighted by Crippen LogP contribution is -2.14. The highest BCUT2D eigenvalue weighted by atomic mass is 79.9. The number of halogens is 1. The number of benzene rings is 2. The molecule has 0 saturated heterocycles. The molecule has 6 heteroatoms. The van der Waals surface area contributed by atoms with Crippen LogP contribution in [0.25, 0.3) is 11.0 Å². The lowest BCUT2D eigenvalue weighted by Gasteiger charge is -2.05. The van der Waals surface area contributed by atoms with Gasteiger partial charge in [0.15, 0.2) is 4.90 Å². The highest BCUT2D eigenvalue weighted by Crippen LogP contribution is 2.23. The molecule has 4 nitrogen and oxygen atoms in total. The molecule has 0 amide bonds. The second kappa shape index (κ2) is 5.37. The van der Waals surface area contributed by atoms with Gasteiger partial charge in [-0.15, -0.1) is 0 Å². The fourth-order valence-corrected chi connectivity index (χ4v) is 3.71. The number of aryl methyl sites for hydroxylation is 1. The third-order valence-corrected chi connectivity index (χ3v) is 5.55. The molecule has 0 spiro atoms. The average Bonchev–Trinajstić information content (AvgIpc) is 2.47. The van der Waals surface area contributed by atoms with Crippen LogP contribution in [0, 0.1) is 6.92 Å². The van der Waals surface area contributed by atoms with Crippen molar-refractivity contribution < 1.29 is 12.8 Å². The molecule has 0 fully saturated rings. The molecule has 0 aliphatic carbocycles. The molecule has 0 aliphatic heterocycles. The van der Waals surface area contributed by atoms with Gasteiger partial charge in [0.25, 0.3) is 0 Å². The molecule has 1 heterocycles. The molecule has 3 aromatic rings. The monoisotopic (exact) mass is 378 g/mol. The number of hydrogen-bond donors (Lipinski definition) is 0. The Morgan fingerprint density at radius 3 is 2.36 bits per heavy atom. The number of hydrogen-bond acceptors (Lipinski definition) is 4. The van der Waals surface area contributed by atoms with Crippen molar-refractivity contribution in [3.05, 3.63) is 69.0 Å². The fraction of sp³-hybridized carbons (Fsp3) is 0.0625. The predicted molar refractivity (Wildman–Crippen MR) is 86.8 cm³/mol. The summed E-state index contributed by atoms with van der Waals surface area (Å²) in [4.78, 5) is 11.7. The Labute approximate surface area is 135 Å². The maximum absolute atomic E-state index is 12.6. The van der Waals surface area contributed by atoms with E-state index in [-0.39, 0.29) is 9.79 Å². The Kier molecular flexibility index (Phi) is 3.66. The topological polar surface area (TPSA) is 64.3 Å². The summed E-state index contributed by atoms with van der Waals surface area (Å²) in [6.07, 6.45) is 0. The lowest BCUT2D eigenvalue weighted by molar-refractivity contribution is 0.532. The first-order chi connectivity index (χ1) is 10.4. The Bertz CT molecular complexity index is 1020. The third kappa shape index (κ3) is 2.60. The Balaban J connectivity index is 2.26. The smallest absolute Gasteiger partial charge is 0.355 e. The van der Waals surface area contributed by atoms with Gasteiger partial charge in [-0.2, -0.15) is 0 Å². The number of rotatable bonds is 2. The number of fused-ring (bicyclic) bond motifs is 1. The van der Waals surface area contributed by atoms with Gasteiger partial charge in [0.05, 0.1) is 4.90 Å². The standard InChI is InChI=1S/C16H11BrO4S/c1-10-2-7-14-11(8-10)9-15(16(18)21-14)22(19,20)13-5-3-12(17)4-6-13/h2-9H,1H3. The van der Waals surface area contributed by atoms with Crippen molar-refractivity contribution in [2.75, 3.05) is 0 Å². The molecule has 0 unspecified atom stereocenters. The first-order valence-electron chi connectivity index (χ1n) is 6.43. The molecule has 0 atom stereocenters. The predicted octanol–water partition coefficient (Wildman–Crippen LogP) is 3.70. The van der Waals surface area contributed by atoms with Gasteiger partial charge in [-0.05, 0) is 49.4 Å². The van der Waals surface area contributed by atoms with Crippen LogP contribution in [0.1, 0.15) is 5.56 Å². The van der Waals surface area contributed by atoms with Crippen molar-refractivity contribution in [2.24, 2.45) is 0 Å². The summed E-state index contributed by atoms with van der Waals surface area (Å²) in [6, 6.07) is 12.7. The lowest BCUT2D eigenvalue weighted by atomic mass is 10.2. The van der Waals surface area contributed by atoms with Crippen LogP contribution in [0.3, 0.4) is 0 Å². The highest BCUT2D eigenvalue weighted by molar-refractivity contribution is 9.10. The second-order valence-electron chi connectivity index (χ2n) is 4.90. The van der Waals surface area contributed by atoms with Crippen LogP contribution in [-0.2, 0) is 9.84 Å². The van der Waals surface area contributed by atoms with Crippen LogP contribution >= 0.6 is 15.9 Å². The maximum Gasteiger partial charge on any atom is 0.355 e. The van der Waals surface area contributed by atoms with E-state index in [0.717, 1.165) is 10.0 Å². The zero-order chi connectivity index (χ0) is 15.9. The van der Waals surface area contributed by atoms with Gasteiger partial charge in [0, 0.05) is 9.86 Å². The van der Waals surface area contributed by atoms with Crippen molar-refractivity contribution in [2.45, 2.75) is 16.7 Å². The summed E-state index contributed by atoms with van der Waals surface area (Å²) >= 11 is 3.25. The third-order valence-electron chi connectivity index (χ3n) is 3.27. The molecule has 0 radical (unpaired) electrons. The normalized spacial score (nSPS) is 11.7. The van der Waals surface area contributed by atoms with Gasteiger partial charge in [-0.1, -0.05) is 27.6 Å². The molecule has 0 bridgehead atoms. The van der Waals surface area contributed by atoms with E-state index in [4.69, 9.17) is 4.42 Å². The van der Waals surface area contributed by atoms with Crippen molar-refractivity contribution in [3.63, 3.8) is 0 Å². The average molecular weight is 379 g/mol. The summed E-state index contributed by atoms with van der Waals surface area (Å²) in [5, 5.41) is 0.579. The van der Waals surface area contributed by atoms with Crippen LogP contribution in [-0.4, -0.2) is 8.42 Å². The summed E-state index contributed by atoms with van der Waals surface area (Å²) in [6.45, 7) is 1.88. The van der Waals surface area contributed by atoms with Crippen LogP contribution in [0.4, 0.5) is 0 Å². The van der Waals surface area contributed by atoms with Crippen molar-refractivity contribution in [1.82, 2.24) is 0 Å². The van der Waals surface area contributed by atoms with Crippen molar-refractivity contribution in [3.8, 4) is 0 Å². The highest BCUT2D eigenvalue weighted by Gasteiger charge is 2.23. The second-order valence-corrected chi connectivity index (χ2v) is 7.73. The minimum Gasteiger partial charge on any atom is -0.422 e. The zero-order valence-electron chi connectivity index (χ0n) is 11.5. The molecule has 0 N–H and O–H groups in total. The summed E-state index contributed by atoms with van der Waals surface area (Å²) < 4.78 is 31.1. The van der Waals surface area contributed by atoms with Crippen LogP contribution in [0.5, 0.6) is 0 Å². The SMILES string of the molecule is Cc1ccc2oc(=O)c(S(=O)(=O)c3ccc(Br)cc3)cc2c1. The summed E-state index contributed by atoms with van der Waals surface area (Å²) in [5.74, 6) is 0. The Hall–Kier alpha value is -1.92. The van der Waals surface area contributed by atoms with E-state index in [9.17, 15) is 13.2 Å². The quantitative estimate of drug-likeness (QED) is 0.637. The van der Waals surface area contributed by atoms with Crippen LogP contribution in [0.2, 0.25) is 0 Å². The van der Waals surface area contributed by atoms with E-state index in [2.05, 4.69) is 15.9 Å². The van der Waals surface area contributed by atoms with Gasteiger partial charge in [0.2, 0.25) is 9.84 Å². The van der Waals surface area contributed by atoms with Gasteiger partial charge in [-0.25, -0.2) is 13.2 Å². The molecule has 3 rings (SSSR count). The molecular weight excluding hydrogens is 368 g/mol. The van der Waals surface area contributed by atoms with E-state index in [0.29, 0.717) is 11.0 Å². The van der Waals surface area contributed by atoms with E-state index in [1.807, 2.05) is 6.92 Å². The molecule has 1 aromatic heterocycles. The van der Waals surface area contributed by atoms with Gasteiger partial charge < -0.3 is 4.42 Å². The Morgan fingerprint density at radius 1 is 1.00 bits per heavy atom. The van der Waals surface area contributed by atoms with Crippen molar-refractivity contribution >= 4 is 36.7 Å². The summed E-state index contributed by atoms with van der Waals surface area (Å²) in [5.41, 5.74) is 0.456. The first-order valence-corrected chi connectivity index (χ1v) is 8.71. The van der Waals surface area contributed by atoms with Gasteiger partial charge in [0.1, 0.15) is 5.58 Å². The van der Waals surface area contributed by atoms with E-state index in [1.165, 1.54) is 18.2 Å². The minimum atomic E-state index is -3.92. The largest absolute Gasteiger partial charge is 0.422 e. The number of sulfone groups is 1. The van der Waals surface area contributed by atoms with E-state index >= 15 is 0 Å². The molecule has 22 heavy (non-hydrogen) atoms. The maximum atomic E-state index is 12.6. The Morgan fingerprint density at radius 2 is 1.68 bits per heavy atom. The van der Waals surface area contributed by atoms with Gasteiger partial charge in [-0.3, -0.25) is 0 Å². The summed E-state index contributed by atoms with van der Waals surface area (Å²) in [7, 11) is -3.92. The van der Waals surface area contributed by atoms with E-state index < -0.39 is 15.5 Å².